The van der Waals surface area contributed by atoms with Crippen molar-refractivity contribution in [2.24, 2.45) is 0 Å². The summed E-state index contributed by atoms with van der Waals surface area (Å²) in [4.78, 5) is 11.9. The van der Waals surface area contributed by atoms with Crippen LogP contribution in [0.4, 0.5) is 0 Å². The molecule has 1 aromatic rings. The van der Waals surface area contributed by atoms with Crippen LogP contribution in [-0.4, -0.2) is 44.5 Å². The maximum Gasteiger partial charge on any atom is 0.220 e. The Kier molecular flexibility index (Phi) is 8.42. The van der Waals surface area contributed by atoms with E-state index in [1.54, 1.807) is 0 Å². The van der Waals surface area contributed by atoms with Crippen LogP contribution in [0.2, 0.25) is 0 Å². The number of benzene rings is 1. The molecule has 1 amide bonds. The molecule has 136 valence electrons. The number of nitrogens with zero attached hydrogens (tertiary/aromatic N) is 1. The van der Waals surface area contributed by atoms with Crippen molar-refractivity contribution in [1.82, 2.24) is 9.62 Å². The highest BCUT2D eigenvalue weighted by Crippen LogP contribution is 2.15. The summed E-state index contributed by atoms with van der Waals surface area (Å²) >= 11 is 0. The molecule has 0 heterocycles. The Hall–Kier alpha value is -1.40. The molecule has 24 heavy (non-hydrogen) atoms. The largest absolute Gasteiger partial charge is 0.356 e. The zero-order valence-corrected chi connectivity index (χ0v) is 16.0. The van der Waals surface area contributed by atoms with Crippen LogP contribution < -0.4 is 5.32 Å². The third-order valence-electron chi connectivity index (χ3n) is 4.02. The maximum atomic E-state index is 11.9. The maximum absolute atomic E-state index is 11.9. The van der Waals surface area contributed by atoms with Gasteiger partial charge in [-0.1, -0.05) is 45.0 Å². The number of rotatable bonds is 10. The van der Waals surface area contributed by atoms with Crippen LogP contribution in [-0.2, 0) is 21.2 Å². The molecule has 0 bridgehead atoms. The van der Waals surface area contributed by atoms with Crippen LogP contribution in [0, 0.1) is 0 Å². The van der Waals surface area contributed by atoms with Gasteiger partial charge in [-0.2, -0.15) is 0 Å². The summed E-state index contributed by atoms with van der Waals surface area (Å²) in [7, 11) is -3.15. The van der Waals surface area contributed by atoms with Gasteiger partial charge in [-0.3, -0.25) is 4.79 Å². The van der Waals surface area contributed by atoms with Gasteiger partial charge in [-0.25, -0.2) is 12.7 Å². The van der Waals surface area contributed by atoms with Gasteiger partial charge in [0.1, 0.15) is 0 Å². The number of carbonyl (C=O) groups excluding carboxylic acids is 1. The summed E-state index contributed by atoms with van der Waals surface area (Å²) < 4.78 is 24.3. The zero-order valence-electron chi connectivity index (χ0n) is 15.2. The van der Waals surface area contributed by atoms with Gasteiger partial charge in [0, 0.05) is 26.1 Å². The van der Waals surface area contributed by atoms with Crippen LogP contribution in [0.25, 0.3) is 0 Å². The Bertz CT molecular complexity index is 610. The van der Waals surface area contributed by atoms with E-state index in [1.165, 1.54) is 16.1 Å². The molecule has 6 heteroatoms. The van der Waals surface area contributed by atoms with E-state index in [0.717, 1.165) is 5.56 Å². The van der Waals surface area contributed by atoms with Gasteiger partial charge in [0.2, 0.25) is 15.9 Å². The van der Waals surface area contributed by atoms with E-state index < -0.39 is 10.0 Å². The summed E-state index contributed by atoms with van der Waals surface area (Å²) in [5, 5.41) is 2.85. The number of hydrogen-bond donors (Lipinski definition) is 1. The van der Waals surface area contributed by atoms with Gasteiger partial charge in [0.25, 0.3) is 0 Å². The van der Waals surface area contributed by atoms with Crippen molar-refractivity contribution in [1.29, 1.82) is 0 Å². The zero-order chi connectivity index (χ0) is 18.2. The lowest BCUT2D eigenvalue weighted by Gasteiger charge is -2.17. The first-order chi connectivity index (χ1) is 11.2. The number of carbonyl (C=O) groups is 1. The molecule has 1 aromatic carbocycles. The van der Waals surface area contributed by atoms with Crippen LogP contribution in [0.15, 0.2) is 24.3 Å². The standard InChI is InChI=1S/C18H30N2O3S/c1-5-20(24(4,22)23)14-6-13-19-18(21)12-9-16-7-10-17(11-8-16)15(2)3/h7-8,10-11,15H,5-6,9,12-14H2,1-4H3,(H,19,21). The molecule has 0 aliphatic heterocycles. The Morgan fingerprint density at radius 1 is 1.21 bits per heavy atom. The molecule has 0 radical (unpaired) electrons. The van der Waals surface area contributed by atoms with Crippen molar-refractivity contribution in [2.45, 2.75) is 46.0 Å². The third-order valence-corrected chi connectivity index (χ3v) is 5.39. The number of hydrogen-bond acceptors (Lipinski definition) is 3. The summed E-state index contributed by atoms with van der Waals surface area (Å²) in [5.74, 6) is 0.516. The van der Waals surface area contributed by atoms with E-state index in [-0.39, 0.29) is 5.91 Å². The minimum absolute atomic E-state index is 0.00494. The molecule has 0 aliphatic carbocycles. The SMILES string of the molecule is CCN(CCCNC(=O)CCc1ccc(C(C)C)cc1)S(C)(=O)=O. The Labute approximate surface area is 146 Å². The molecular formula is C18H30N2O3S. The minimum atomic E-state index is -3.15. The summed E-state index contributed by atoms with van der Waals surface area (Å²) in [5.41, 5.74) is 2.46. The predicted molar refractivity (Wildman–Crippen MR) is 98.6 cm³/mol. The number of sulfonamides is 1. The average Bonchev–Trinajstić information content (AvgIpc) is 2.52. The van der Waals surface area contributed by atoms with Gasteiger partial charge >= 0.3 is 0 Å². The van der Waals surface area contributed by atoms with E-state index in [4.69, 9.17) is 0 Å². The fraction of sp³-hybridized carbons (Fsp3) is 0.611. The second kappa shape index (κ2) is 9.79. The lowest BCUT2D eigenvalue weighted by atomic mass is 10.0. The first kappa shape index (κ1) is 20.6. The van der Waals surface area contributed by atoms with E-state index in [9.17, 15) is 13.2 Å². The van der Waals surface area contributed by atoms with E-state index in [1.807, 2.05) is 6.92 Å². The molecule has 0 aliphatic rings. The van der Waals surface area contributed by atoms with Gasteiger partial charge in [0.05, 0.1) is 6.26 Å². The van der Waals surface area contributed by atoms with Crippen molar-refractivity contribution in [3.8, 4) is 0 Å². The number of amides is 1. The highest BCUT2D eigenvalue weighted by Gasteiger charge is 2.13. The minimum Gasteiger partial charge on any atom is -0.356 e. The molecule has 0 spiro atoms. The van der Waals surface area contributed by atoms with Gasteiger partial charge < -0.3 is 5.32 Å². The third kappa shape index (κ3) is 7.45. The molecule has 0 saturated carbocycles. The predicted octanol–water partition coefficient (Wildman–Crippen LogP) is 2.53. The topological polar surface area (TPSA) is 66.5 Å². The van der Waals surface area contributed by atoms with Crippen LogP contribution in [0.5, 0.6) is 0 Å². The quantitative estimate of drug-likeness (QED) is 0.657. The number of aryl methyl sites for hydroxylation is 1. The first-order valence-corrected chi connectivity index (χ1v) is 10.4. The van der Waals surface area contributed by atoms with Crippen molar-refractivity contribution in [2.75, 3.05) is 25.9 Å². The van der Waals surface area contributed by atoms with Gasteiger partial charge in [-0.05, 0) is 29.9 Å². The molecule has 0 aromatic heterocycles. The van der Waals surface area contributed by atoms with Crippen LogP contribution >= 0.6 is 0 Å². The molecule has 1 rings (SSSR count). The van der Waals surface area contributed by atoms with Crippen molar-refractivity contribution in [3.05, 3.63) is 35.4 Å². The van der Waals surface area contributed by atoms with E-state index >= 15 is 0 Å². The fourth-order valence-electron chi connectivity index (χ4n) is 2.46. The lowest BCUT2D eigenvalue weighted by molar-refractivity contribution is -0.121. The van der Waals surface area contributed by atoms with Crippen molar-refractivity contribution < 1.29 is 13.2 Å². The van der Waals surface area contributed by atoms with Crippen LogP contribution in [0.3, 0.4) is 0 Å². The highest BCUT2D eigenvalue weighted by atomic mass is 32.2. The second-order valence-electron chi connectivity index (χ2n) is 6.35. The first-order valence-electron chi connectivity index (χ1n) is 8.54. The molecular weight excluding hydrogens is 324 g/mol. The molecule has 0 atom stereocenters. The normalized spacial score (nSPS) is 11.9. The monoisotopic (exact) mass is 354 g/mol. The Morgan fingerprint density at radius 3 is 2.33 bits per heavy atom. The molecule has 0 fully saturated rings. The highest BCUT2D eigenvalue weighted by molar-refractivity contribution is 7.88. The van der Waals surface area contributed by atoms with E-state index in [0.29, 0.717) is 44.8 Å². The molecule has 1 N–H and O–H groups in total. The lowest BCUT2D eigenvalue weighted by Crippen LogP contribution is -2.33. The van der Waals surface area contributed by atoms with Gasteiger partial charge in [-0.15, -0.1) is 0 Å². The Balaban J connectivity index is 2.27. The Morgan fingerprint density at radius 2 is 1.83 bits per heavy atom. The second-order valence-corrected chi connectivity index (χ2v) is 8.34. The summed E-state index contributed by atoms with van der Waals surface area (Å²) in [6, 6.07) is 8.38. The summed E-state index contributed by atoms with van der Waals surface area (Å²) in [6.07, 6.45) is 2.99. The van der Waals surface area contributed by atoms with Crippen molar-refractivity contribution >= 4 is 15.9 Å². The summed E-state index contributed by atoms with van der Waals surface area (Å²) in [6.45, 7) is 7.52. The fourth-order valence-corrected chi connectivity index (χ4v) is 3.39. The van der Waals surface area contributed by atoms with Crippen LogP contribution in [0.1, 0.15) is 50.7 Å². The van der Waals surface area contributed by atoms with Crippen molar-refractivity contribution in [3.63, 3.8) is 0 Å². The molecule has 0 saturated heterocycles. The van der Waals surface area contributed by atoms with Gasteiger partial charge in [0.15, 0.2) is 0 Å². The molecule has 0 unspecified atom stereocenters. The van der Waals surface area contributed by atoms with E-state index in [2.05, 4.69) is 43.4 Å². The smallest absolute Gasteiger partial charge is 0.220 e. The molecule has 5 nitrogen and oxygen atoms in total. The number of nitrogens with one attached hydrogen (secondary N) is 1. The average molecular weight is 355 g/mol.